The highest BCUT2D eigenvalue weighted by molar-refractivity contribution is 7.99. The molecule has 1 atom stereocenters. The maximum atomic E-state index is 10.8. The highest BCUT2D eigenvalue weighted by Gasteiger charge is 2.16. The Morgan fingerprint density at radius 2 is 2.31 bits per heavy atom. The molecule has 0 saturated heterocycles. The number of hydrogen-bond acceptors (Lipinski definition) is 3. The highest BCUT2D eigenvalue weighted by atomic mass is 35.5. The standard InChI is InChI=1S/C10H11Cl2NO2S/c1-2-8(10(14)15)16-5-6-4-13-9(12)3-7(6)11/h3-4,8H,2,5H2,1H3,(H,14,15). The average Bonchev–Trinajstić information content (AvgIpc) is 2.21. The lowest BCUT2D eigenvalue weighted by Gasteiger charge is -2.09. The average molecular weight is 280 g/mol. The third-order valence-electron chi connectivity index (χ3n) is 1.98. The zero-order chi connectivity index (χ0) is 12.1. The third-order valence-corrected chi connectivity index (χ3v) is 3.96. The van der Waals surface area contributed by atoms with E-state index >= 15 is 0 Å². The van der Waals surface area contributed by atoms with E-state index in [-0.39, 0.29) is 0 Å². The Balaban J connectivity index is 2.63. The van der Waals surface area contributed by atoms with Crippen molar-refractivity contribution in [1.82, 2.24) is 4.98 Å². The van der Waals surface area contributed by atoms with Crippen molar-refractivity contribution in [3.8, 4) is 0 Å². The van der Waals surface area contributed by atoms with Crippen molar-refractivity contribution in [3.63, 3.8) is 0 Å². The minimum absolute atomic E-state index is 0.337. The minimum Gasteiger partial charge on any atom is -0.480 e. The molecule has 0 aliphatic carbocycles. The van der Waals surface area contributed by atoms with Crippen LogP contribution in [0, 0.1) is 0 Å². The quantitative estimate of drug-likeness (QED) is 0.839. The zero-order valence-electron chi connectivity index (χ0n) is 8.61. The van der Waals surface area contributed by atoms with Crippen molar-refractivity contribution in [2.75, 3.05) is 0 Å². The summed E-state index contributed by atoms with van der Waals surface area (Å²) in [4.78, 5) is 14.7. The van der Waals surface area contributed by atoms with Gasteiger partial charge in [0.25, 0.3) is 0 Å². The number of nitrogens with zero attached hydrogens (tertiary/aromatic N) is 1. The summed E-state index contributed by atoms with van der Waals surface area (Å²) in [5, 5.41) is 9.32. The molecule has 0 aliphatic rings. The molecular formula is C10H11Cl2NO2S. The monoisotopic (exact) mass is 279 g/mol. The van der Waals surface area contributed by atoms with Crippen molar-refractivity contribution >= 4 is 40.9 Å². The second-order valence-electron chi connectivity index (χ2n) is 3.14. The Labute approximate surface area is 108 Å². The molecular weight excluding hydrogens is 269 g/mol. The largest absolute Gasteiger partial charge is 0.480 e. The van der Waals surface area contributed by atoms with Gasteiger partial charge in [0.15, 0.2) is 0 Å². The molecule has 6 heteroatoms. The first-order valence-electron chi connectivity index (χ1n) is 4.69. The number of thioether (sulfide) groups is 1. The molecule has 1 unspecified atom stereocenters. The van der Waals surface area contributed by atoms with Gasteiger partial charge in [-0.3, -0.25) is 4.79 Å². The van der Waals surface area contributed by atoms with Gasteiger partial charge < -0.3 is 5.11 Å². The topological polar surface area (TPSA) is 50.2 Å². The molecule has 1 rings (SSSR count). The molecule has 1 aromatic rings. The van der Waals surface area contributed by atoms with Gasteiger partial charge in [0, 0.05) is 17.0 Å². The molecule has 0 spiro atoms. The second-order valence-corrected chi connectivity index (χ2v) is 5.13. The number of carbonyl (C=O) groups is 1. The van der Waals surface area contributed by atoms with Gasteiger partial charge in [0.05, 0.1) is 0 Å². The predicted octanol–water partition coefficient (Wildman–Crippen LogP) is 3.48. The number of carboxylic acids is 1. The molecule has 1 heterocycles. The van der Waals surface area contributed by atoms with E-state index in [1.165, 1.54) is 11.8 Å². The molecule has 1 N–H and O–H groups in total. The first-order chi connectivity index (χ1) is 7.54. The van der Waals surface area contributed by atoms with Crippen molar-refractivity contribution in [1.29, 1.82) is 0 Å². The van der Waals surface area contributed by atoms with Crippen LogP contribution >= 0.6 is 35.0 Å². The van der Waals surface area contributed by atoms with Crippen LogP contribution in [0.5, 0.6) is 0 Å². The summed E-state index contributed by atoms with van der Waals surface area (Å²) in [5.74, 6) is -0.279. The van der Waals surface area contributed by atoms with Gasteiger partial charge in [0.2, 0.25) is 0 Å². The fourth-order valence-electron chi connectivity index (χ4n) is 1.10. The summed E-state index contributed by atoms with van der Waals surface area (Å²) >= 11 is 12.9. The van der Waals surface area contributed by atoms with E-state index in [0.717, 1.165) is 5.56 Å². The molecule has 1 aromatic heterocycles. The van der Waals surface area contributed by atoms with E-state index < -0.39 is 11.2 Å². The Bertz CT molecular complexity index is 387. The molecule has 0 fully saturated rings. The van der Waals surface area contributed by atoms with Crippen LogP contribution in [0.4, 0.5) is 0 Å². The van der Waals surface area contributed by atoms with Crippen LogP contribution in [-0.4, -0.2) is 21.3 Å². The molecule has 0 bridgehead atoms. The summed E-state index contributed by atoms with van der Waals surface area (Å²) in [7, 11) is 0. The lowest BCUT2D eigenvalue weighted by molar-refractivity contribution is -0.136. The van der Waals surface area contributed by atoms with Gasteiger partial charge in [-0.1, -0.05) is 30.1 Å². The lowest BCUT2D eigenvalue weighted by Crippen LogP contribution is -2.15. The van der Waals surface area contributed by atoms with Crippen LogP contribution in [0.15, 0.2) is 12.3 Å². The fraction of sp³-hybridized carbons (Fsp3) is 0.400. The van der Waals surface area contributed by atoms with Gasteiger partial charge in [-0.2, -0.15) is 0 Å². The normalized spacial score (nSPS) is 12.4. The number of hydrogen-bond donors (Lipinski definition) is 1. The minimum atomic E-state index is -0.800. The second kappa shape index (κ2) is 6.33. The predicted molar refractivity (Wildman–Crippen MR) is 67.3 cm³/mol. The van der Waals surface area contributed by atoms with Crippen molar-refractivity contribution in [2.45, 2.75) is 24.3 Å². The number of aliphatic carboxylic acids is 1. The lowest BCUT2D eigenvalue weighted by atomic mass is 10.3. The Morgan fingerprint density at radius 3 is 2.81 bits per heavy atom. The molecule has 0 radical (unpaired) electrons. The van der Waals surface area contributed by atoms with E-state index in [9.17, 15) is 4.79 Å². The maximum absolute atomic E-state index is 10.8. The summed E-state index contributed by atoms with van der Waals surface area (Å²) in [6.45, 7) is 1.84. The van der Waals surface area contributed by atoms with Crippen LogP contribution in [0.25, 0.3) is 0 Å². The van der Waals surface area contributed by atoms with Crippen LogP contribution in [0.3, 0.4) is 0 Å². The summed E-state index contributed by atoms with van der Waals surface area (Å²) in [6.07, 6.45) is 2.16. The summed E-state index contributed by atoms with van der Waals surface area (Å²) in [6, 6.07) is 1.56. The third kappa shape index (κ3) is 3.85. The molecule has 0 amide bonds. The SMILES string of the molecule is CCC(SCc1cnc(Cl)cc1Cl)C(=O)O. The first-order valence-corrected chi connectivity index (χ1v) is 6.49. The van der Waals surface area contributed by atoms with E-state index in [0.29, 0.717) is 22.3 Å². The van der Waals surface area contributed by atoms with Crippen molar-refractivity contribution in [2.24, 2.45) is 0 Å². The molecule has 3 nitrogen and oxygen atoms in total. The number of rotatable bonds is 5. The molecule has 0 saturated carbocycles. The van der Waals surface area contributed by atoms with Gasteiger partial charge in [-0.15, -0.1) is 11.8 Å². The van der Waals surface area contributed by atoms with Gasteiger partial charge in [0.1, 0.15) is 10.4 Å². The number of halogens is 2. The van der Waals surface area contributed by atoms with Gasteiger partial charge >= 0.3 is 5.97 Å². The van der Waals surface area contributed by atoms with Crippen LogP contribution in [-0.2, 0) is 10.5 Å². The molecule has 0 aliphatic heterocycles. The zero-order valence-corrected chi connectivity index (χ0v) is 10.9. The Kier molecular flexibility index (Phi) is 5.38. The van der Waals surface area contributed by atoms with Crippen LogP contribution < -0.4 is 0 Å². The van der Waals surface area contributed by atoms with E-state index in [2.05, 4.69) is 4.98 Å². The summed E-state index contributed by atoms with van der Waals surface area (Å²) in [5.41, 5.74) is 0.802. The Morgan fingerprint density at radius 1 is 1.62 bits per heavy atom. The van der Waals surface area contributed by atoms with E-state index in [1.807, 2.05) is 6.92 Å². The number of carboxylic acid groups (broad SMARTS) is 1. The Hall–Kier alpha value is -0.450. The molecule has 16 heavy (non-hydrogen) atoms. The van der Waals surface area contributed by atoms with Crippen LogP contribution in [0.1, 0.15) is 18.9 Å². The molecule has 88 valence electrons. The first kappa shape index (κ1) is 13.6. The molecule has 0 aromatic carbocycles. The number of pyridine rings is 1. The van der Waals surface area contributed by atoms with Crippen LogP contribution in [0.2, 0.25) is 10.2 Å². The fourth-order valence-corrected chi connectivity index (χ4v) is 2.60. The van der Waals surface area contributed by atoms with E-state index in [1.54, 1.807) is 12.3 Å². The highest BCUT2D eigenvalue weighted by Crippen LogP contribution is 2.26. The van der Waals surface area contributed by atoms with Gasteiger partial charge in [-0.05, 0) is 18.1 Å². The summed E-state index contributed by atoms with van der Waals surface area (Å²) < 4.78 is 0. The number of aromatic nitrogens is 1. The van der Waals surface area contributed by atoms with E-state index in [4.69, 9.17) is 28.3 Å². The van der Waals surface area contributed by atoms with Crippen molar-refractivity contribution in [3.05, 3.63) is 28.0 Å². The smallest absolute Gasteiger partial charge is 0.316 e. The maximum Gasteiger partial charge on any atom is 0.316 e. The van der Waals surface area contributed by atoms with Crippen molar-refractivity contribution < 1.29 is 9.90 Å². The van der Waals surface area contributed by atoms with Gasteiger partial charge in [-0.25, -0.2) is 4.98 Å².